The SMILES string of the molecule is Cc1cc([N+](=O)[O-])ccc1N1C(=O)/C(=C\c2cccc(OCCO)c2)N(C)C1=S. The summed E-state index contributed by atoms with van der Waals surface area (Å²) in [6.07, 6.45) is 1.70. The van der Waals surface area contributed by atoms with Crippen molar-refractivity contribution in [2.24, 2.45) is 0 Å². The third-order valence-electron chi connectivity index (χ3n) is 4.42. The summed E-state index contributed by atoms with van der Waals surface area (Å²) in [7, 11) is 1.69. The van der Waals surface area contributed by atoms with Gasteiger partial charge < -0.3 is 14.7 Å². The minimum absolute atomic E-state index is 0.0485. The smallest absolute Gasteiger partial charge is 0.281 e. The van der Waals surface area contributed by atoms with Gasteiger partial charge in [0.25, 0.3) is 11.6 Å². The molecule has 9 heteroatoms. The van der Waals surface area contributed by atoms with E-state index >= 15 is 0 Å². The normalized spacial score (nSPS) is 15.3. The van der Waals surface area contributed by atoms with Crippen molar-refractivity contribution in [1.82, 2.24) is 4.90 Å². The van der Waals surface area contributed by atoms with E-state index in [-0.39, 0.29) is 29.9 Å². The number of nitro benzene ring substituents is 1. The summed E-state index contributed by atoms with van der Waals surface area (Å²) in [6.45, 7) is 1.78. The topological polar surface area (TPSA) is 96.2 Å². The molecule has 29 heavy (non-hydrogen) atoms. The van der Waals surface area contributed by atoms with Crippen LogP contribution < -0.4 is 9.64 Å². The minimum atomic E-state index is -0.482. The Labute approximate surface area is 172 Å². The van der Waals surface area contributed by atoms with E-state index in [1.165, 1.54) is 23.1 Å². The van der Waals surface area contributed by atoms with Gasteiger partial charge in [-0.15, -0.1) is 0 Å². The summed E-state index contributed by atoms with van der Waals surface area (Å²) < 4.78 is 5.40. The zero-order valence-corrected chi connectivity index (χ0v) is 16.7. The highest BCUT2D eigenvalue weighted by Gasteiger charge is 2.37. The van der Waals surface area contributed by atoms with Crippen LogP contribution >= 0.6 is 12.2 Å². The minimum Gasteiger partial charge on any atom is -0.491 e. The van der Waals surface area contributed by atoms with Crippen molar-refractivity contribution in [1.29, 1.82) is 0 Å². The molecule has 3 rings (SSSR count). The fourth-order valence-corrected chi connectivity index (χ4v) is 3.27. The first-order chi connectivity index (χ1) is 13.8. The van der Waals surface area contributed by atoms with Crippen LogP contribution in [0.1, 0.15) is 11.1 Å². The molecule has 0 saturated carbocycles. The molecule has 1 aliphatic rings. The van der Waals surface area contributed by atoms with Gasteiger partial charge in [-0.3, -0.25) is 19.8 Å². The second-order valence-corrected chi connectivity index (χ2v) is 6.75. The molecule has 2 aromatic rings. The largest absolute Gasteiger partial charge is 0.491 e. The molecule has 1 fully saturated rings. The van der Waals surface area contributed by atoms with Crippen molar-refractivity contribution in [3.63, 3.8) is 0 Å². The van der Waals surface area contributed by atoms with Crippen molar-refractivity contribution in [3.8, 4) is 5.75 Å². The number of likely N-dealkylation sites (N-methyl/N-ethyl adjacent to an activating group) is 1. The Morgan fingerprint density at radius 1 is 1.28 bits per heavy atom. The van der Waals surface area contributed by atoms with Crippen LogP contribution in [-0.4, -0.2) is 46.2 Å². The lowest BCUT2D eigenvalue weighted by atomic mass is 10.1. The molecule has 8 nitrogen and oxygen atoms in total. The molecule has 1 heterocycles. The van der Waals surface area contributed by atoms with Crippen LogP contribution in [0.5, 0.6) is 5.75 Å². The molecule has 2 aromatic carbocycles. The molecule has 0 atom stereocenters. The third-order valence-corrected chi connectivity index (χ3v) is 4.87. The molecule has 0 aliphatic carbocycles. The summed E-state index contributed by atoms with van der Waals surface area (Å²) in [5.74, 6) is 0.253. The van der Waals surface area contributed by atoms with E-state index in [9.17, 15) is 14.9 Å². The number of carbonyl (C=O) groups is 1. The summed E-state index contributed by atoms with van der Waals surface area (Å²) in [5.41, 5.74) is 2.13. The van der Waals surface area contributed by atoms with E-state index in [1.54, 1.807) is 43.1 Å². The fraction of sp³-hybridized carbons (Fsp3) is 0.200. The van der Waals surface area contributed by atoms with Crippen LogP contribution in [0, 0.1) is 17.0 Å². The van der Waals surface area contributed by atoms with Crippen molar-refractivity contribution < 1.29 is 19.6 Å². The number of aliphatic hydroxyl groups is 1. The molecule has 0 unspecified atom stereocenters. The Bertz CT molecular complexity index is 1020. The number of benzene rings is 2. The number of nitro groups is 1. The maximum Gasteiger partial charge on any atom is 0.281 e. The Balaban J connectivity index is 1.94. The molecule has 0 radical (unpaired) electrons. The fourth-order valence-electron chi connectivity index (χ4n) is 2.99. The quantitative estimate of drug-likeness (QED) is 0.337. The number of non-ortho nitro benzene ring substituents is 1. The Morgan fingerprint density at radius 3 is 2.69 bits per heavy atom. The molecular formula is C20H19N3O5S. The Morgan fingerprint density at radius 2 is 2.03 bits per heavy atom. The van der Waals surface area contributed by atoms with E-state index in [4.69, 9.17) is 22.1 Å². The van der Waals surface area contributed by atoms with Crippen molar-refractivity contribution in [2.75, 3.05) is 25.2 Å². The average Bonchev–Trinajstić information content (AvgIpc) is 2.90. The molecule has 150 valence electrons. The number of ether oxygens (including phenoxy) is 1. The molecule has 0 spiro atoms. The lowest BCUT2D eigenvalue weighted by Crippen LogP contribution is -2.31. The van der Waals surface area contributed by atoms with Crippen LogP contribution in [-0.2, 0) is 4.79 Å². The van der Waals surface area contributed by atoms with Crippen LogP contribution in [0.25, 0.3) is 6.08 Å². The number of amides is 1. The summed E-state index contributed by atoms with van der Waals surface area (Å²) in [6, 6.07) is 11.4. The Hall–Kier alpha value is -3.30. The van der Waals surface area contributed by atoms with Crippen LogP contribution in [0.15, 0.2) is 48.2 Å². The first-order valence-electron chi connectivity index (χ1n) is 8.76. The highest BCUT2D eigenvalue weighted by Crippen LogP contribution is 2.32. The zero-order chi connectivity index (χ0) is 21.1. The second-order valence-electron chi connectivity index (χ2n) is 6.38. The number of hydrogen-bond acceptors (Lipinski definition) is 6. The van der Waals surface area contributed by atoms with Crippen molar-refractivity contribution >= 4 is 40.7 Å². The van der Waals surface area contributed by atoms with Gasteiger partial charge in [-0.25, -0.2) is 0 Å². The van der Waals surface area contributed by atoms with Crippen molar-refractivity contribution in [3.05, 3.63) is 69.4 Å². The molecule has 1 saturated heterocycles. The lowest BCUT2D eigenvalue weighted by molar-refractivity contribution is -0.384. The number of nitrogens with zero attached hydrogens (tertiary/aromatic N) is 3. The highest BCUT2D eigenvalue weighted by atomic mass is 32.1. The molecule has 1 N–H and O–H groups in total. The predicted octanol–water partition coefficient (Wildman–Crippen LogP) is 2.88. The van der Waals surface area contributed by atoms with E-state index in [1.807, 2.05) is 6.07 Å². The van der Waals surface area contributed by atoms with Gasteiger partial charge in [-0.05, 0) is 54.5 Å². The lowest BCUT2D eigenvalue weighted by Gasteiger charge is -2.18. The number of carbonyl (C=O) groups excluding carboxylic acids is 1. The molecule has 1 amide bonds. The van der Waals surface area contributed by atoms with Gasteiger partial charge in [-0.2, -0.15) is 0 Å². The van der Waals surface area contributed by atoms with Crippen molar-refractivity contribution in [2.45, 2.75) is 6.92 Å². The van der Waals surface area contributed by atoms with Gasteiger partial charge in [0.15, 0.2) is 5.11 Å². The zero-order valence-electron chi connectivity index (χ0n) is 15.9. The monoisotopic (exact) mass is 413 g/mol. The van der Waals surface area contributed by atoms with E-state index in [0.717, 1.165) is 5.56 Å². The van der Waals surface area contributed by atoms with Gasteiger partial charge >= 0.3 is 0 Å². The van der Waals surface area contributed by atoms with E-state index in [2.05, 4.69) is 0 Å². The van der Waals surface area contributed by atoms with Gasteiger partial charge in [0.05, 0.1) is 17.2 Å². The van der Waals surface area contributed by atoms with Crippen LogP contribution in [0.3, 0.4) is 0 Å². The second kappa shape index (κ2) is 8.38. The Kier molecular flexibility index (Phi) is 5.90. The highest BCUT2D eigenvalue weighted by molar-refractivity contribution is 7.80. The number of aliphatic hydroxyl groups excluding tert-OH is 1. The maximum absolute atomic E-state index is 13.1. The molecular weight excluding hydrogens is 394 g/mol. The number of rotatable bonds is 6. The third kappa shape index (κ3) is 4.10. The van der Waals surface area contributed by atoms with E-state index < -0.39 is 4.92 Å². The first-order valence-corrected chi connectivity index (χ1v) is 9.17. The van der Waals surface area contributed by atoms with Crippen LogP contribution in [0.2, 0.25) is 0 Å². The number of hydrogen-bond donors (Lipinski definition) is 1. The van der Waals surface area contributed by atoms with Gasteiger partial charge in [0.1, 0.15) is 18.1 Å². The van der Waals surface area contributed by atoms with Gasteiger partial charge in [0.2, 0.25) is 0 Å². The number of anilines is 1. The summed E-state index contributed by atoms with van der Waals surface area (Å²) in [5, 5.41) is 20.1. The molecule has 1 aliphatic heterocycles. The number of thiocarbonyl (C=S) groups is 1. The summed E-state index contributed by atoms with van der Waals surface area (Å²) in [4.78, 5) is 26.5. The van der Waals surface area contributed by atoms with Crippen LogP contribution in [0.4, 0.5) is 11.4 Å². The average molecular weight is 413 g/mol. The first kappa shape index (κ1) is 20.4. The number of aryl methyl sites for hydroxylation is 1. The standard InChI is InChI=1S/C20H19N3O5S/c1-13-10-15(23(26)27)6-7-17(13)22-19(25)18(21(2)20(22)29)12-14-4-3-5-16(11-14)28-9-8-24/h3-7,10-12,24H,8-9H2,1-2H3/b18-12+. The van der Waals surface area contributed by atoms with E-state index in [0.29, 0.717) is 22.7 Å². The van der Waals surface area contributed by atoms with Gasteiger partial charge in [-0.1, -0.05) is 12.1 Å². The maximum atomic E-state index is 13.1. The molecule has 0 aromatic heterocycles. The van der Waals surface area contributed by atoms with Gasteiger partial charge in [0, 0.05) is 19.2 Å². The summed E-state index contributed by atoms with van der Waals surface area (Å²) >= 11 is 5.45. The predicted molar refractivity (Wildman–Crippen MR) is 113 cm³/mol. The molecule has 0 bridgehead atoms.